The fourth-order valence-electron chi connectivity index (χ4n) is 3.26. The number of hydrogen-bond donors (Lipinski definition) is 3. The van der Waals surface area contributed by atoms with Crippen molar-refractivity contribution in [2.75, 3.05) is 14.1 Å². The van der Waals surface area contributed by atoms with Crippen LogP contribution in [0.1, 0.15) is 110 Å². The van der Waals surface area contributed by atoms with Crippen LogP contribution in [0.2, 0.25) is 0 Å². The van der Waals surface area contributed by atoms with Crippen LogP contribution in [0, 0.1) is 0 Å². The Morgan fingerprint density at radius 3 is 2.00 bits per heavy atom. The van der Waals surface area contributed by atoms with Gasteiger partial charge in [0.15, 0.2) is 0 Å². The third kappa shape index (κ3) is 24.7. The molecule has 0 aliphatic heterocycles. The van der Waals surface area contributed by atoms with Gasteiger partial charge >= 0.3 is 5.97 Å². The van der Waals surface area contributed by atoms with Gasteiger partial charge < -0.3 is 15.9 Å². The van der Waals surface area contributed by atoms with E-state index in [2.05, 4.69) is 19.1 Å². The number of carboxylic acid groups (broad SMARTS) is 1. The number of hydrogen-bond acceptors (Lipinski definition) is 4. The van der Waals surface area contributed by atoms with Crippen molar-refractivity contribution in [2.45, 2.75) is 122 Å². The average Bonchev–Trinajstić information content (AvgIpc) is 2.70. The third-order valence-corrected chi connectivity index (χ3v) is 5.23. The lowest BCUT2D eigenvalue weighted by Crippen LogP contribution is -2.35. The van der Waals surface area contributed by atoms with E-state index < -0.39 is 5.97 Å². The zero-order chi connectivity index (χ0) is 23.9. The predicted molar refractivity (Wildman–Crippen MR) is 130 cm³/mol. The number of aliphatic carboxylic acids is 1. The second kappa shape index (κ2) is 23.3. The number of rotatable bonds is 19. The summed E-state index contributed by atoms with van der Waals surface area (Å²) in [6.07, 6.45) is 19.7. The van der Waals surface area contributed by atoms with E-state index in [-0.39, 0.29) is 18.1 Å². The van der Waals surface area contributed by atoms with E-state index in [1.807, 2.05) is 6.92 Å². The minimum Gasteiger partial charge on any atom is -0.480 e. The van der Waals surface area contributed by atoms with Gasteiger partial charge in [0.2, 0.25) is 5.91 Å². The Hall–Kier alpha value is -1.40. The first-order valence-corrected chi connectivity index (χ1v) is 12.3. The van der Waals surface area contributed by atoms with Crippen molar-refractivity contribution < 1.29 is 19.8 Å². The summed E-state index contributed by atoms with van der Waals surface area (Å²) >= 11 is 0. The highest BCUT2D eigenvalue weighted by Gasteiger charge is 2.17. The van der Waals surface area contributed by atoms with Crippen molar-refractivity contribution in [3.8, 4) is 0 Å². The number of nitrogens with two attached hydrogens (primary N) is 1. The molecule has 0 rings (SSSR count). The van der Waals surface area contributed by atoms with E-state index in [4.69, 9.17) is 10.8 Å². The predicted octanol–water partition coefficient (Wildman–Crippen LogP) is 5.28. The molecule has 0 saturated heterocycles. The maximum atomic E-state index is 10.6. The summed E-state index contributed by atoms with van der Waals surface area (Å²) in [6.45, 7) is 4.19. The minimum absolute atomic E-state index is 0.160. The number of allylic oxidation sites excluding steroid dienone is 1. The van der Waals surface area contributed by atoms with Gasteiger partial charge in [-0.05, 0) is 52.6 Å². The second-order valence-electron chi connectivity index (χ2n) is 8.59. The molecular formula is C25H50N2O4. The van der Waals surface area contributed by atoms with E-state index in [0.717, 1.165) is 51.4 Å². The summed E-state index contributed by atoms with van der Waals surface area (Å²) in [5, 5.41) is 18.4. The van der Waals surface area contributed by atoms with Gasteiger partial charge in [-0.25, -0.2) is 0 Å². The lowest BCUT2D eigenvalue weighted by Gasteiger charge is -2.18. The van der Waals surface area contributed by atoms with E-state index >= 15 is 0 Å². The van der Waals surface area contributed by atoms with Gasteiger partial charge in [-0.3, -0.25) is 14.5 Å². The molecule has 0 aliphatic rings. The number of carbonyl (C=O) groups is 2. The molecule has 0 saturated carbocycles. The van der Waals surface area contributed by atoms with Crippen LogP contribution in [0.4, 0.5) is 0 Å². The lowest BCUT2D eigenvalue weighted by atomic mass is 10.1. The van der Waals surface area contributed by atoms with Crippen molar-refractivity contribution in [3.63, 3.8) is 0 Å². The first-order valence-electron chi connectivity index (χ1n) is 12.3. The average molecular weight is 443 g/mol. The molecule has 0 heterocycles. The number of nitrogens with zero attached hydrogens (tertiary/aromatic N) is 1. The summed E-state index contributed by atoms with van der Waals surface area (Å²) < 4.78 is 0. The number of aliphatic hydroxyl groups is 1. The molecule has 0 radical (unpaired) electrons. The zero-order valence-corrected chi connectivity index (χ0v) is 20.7. The number of amides is 1. The Balaban J connectivity index is 0. The highest BCUT2D eigenvalue weighted by atomic mass is 16.4. The fraction of sp³-hybridized carbons (Fsp3) is 0.840. The second-order valence-corrected chi connectivity index (χ2v) is 8.59. The number of primary amides is 1. The van der Waals surface area contributed by atoms with Gasteiger partial charge in [-0.2, -0.15) is 0 Å². The van der Waals surface area contributed by atoms with E-state index in [1.165, 1.54) is 38.5 Å². The largest absolute Gasteiger partial charge is 0.480 e. The fourth-order valence-corrected chi connectivity index (χ4v) is 3.26. The van der Waals surface area contributed by atoms with Gasteiger partial charge in [0.05, 0.1) is 6.10 Å². The SMILES string of the molecule is CCCC(C(=O)O)N(C)C.CCCCCCC(O)C/C=C\CCCCCCCC(N)=O. The van der Waals surface area contributed by atoms with Gasteiger partial charge in [-0.15, -0.1) is 0 Å². The Morgan fingerprint density at radius 2 is 1.48 bits per heavy atom. The molecule has 2 unspecified atom stereocenters. The summed E-state index contributed by atoms with van der Waals surface area (Å²) in [7, 11) is 3.57. The molecule has 0 spiro atoms. The highest BCUT2D eigenvalue weighted by molar-refractivity contribution is 5.73. The van der Waals surface area contributed by atoms with Crippen LogP contribution < -0.4 is 5.73 Å². The number of unbranched alkanes of at least 4 members (excludes halogenated alkanes) is 8. The van der Waals surface area contributed by atoms with Crippen molar-refractivity contribution >= 4 is 11.9 Å². The standard InChI is InChI=1S/C18H35NO2.C7H15NO2/c1-2-3-4-11-14-17(20)15-12-9-7-5-6-8-10-13-16-18(19)21;1-4-5-6(7(9)10)8(2)3/h9,12,17,20H,2-8,10-11,13-16H2,1H3,(H2,19,21);6H,4-5H2,1-3H3,(H,9,10)/b12-9-;. The highest BCUT2D eigenvalue weighted by Crippen LogP contribution is 2.10. The first kappa shape index (κ1) is 31.8. The summed E-state index contributed by atoms with van der Waals surface area (Å²) in [5.41, 5.74) is 5.09. The molecule has 2 atom stereocenters. The van der Waals surface area contributed by atoms with E-state index in [0.29, 0.717) is 6.42 Å². The molecule has 0 aromatic rings. The number of aliphatic hydroxyl groups excluding tert-OH is 1. The summed E-state index contributed by atoms with van der Waals surface area (Å²) in [4.78, 5) is 22.8. The Morgan fingerprint density at radius 1 is 0.871 bits per heavy atom. The molecule has 0 bridgehead atoms. The van der Waals surface area contributed by atoms with Crippen LogP contribution in [0.15, 0.2) is 12.2 Å². The van der Waals surface area contributed by atoms with E-state index in [9.17, 15) is 14.7 Å². The number of carboxylic acids is 1. The van der Waals surface area contributed by atoms with E-state index in [1.54, 1.807) is 19.0 Å². The van der Waals surface area contributed by atoms with Crippen molar-refractivity contribution in [3.05, 3.63) is 12.2 Å². The van der Waals surface area contributed by atoms with Crippen LogP contribution >= 0.6 is 0 Å². The minimum atomic E-state index is -0.730. The van der Waals surface area contributed by atoms with Crippen LogP contribution in [0.25, 0.3) is 0 Å². The summed E-state index contributed by atoms with van der Waals surface area (Å²) in [5.74, 6) is -0.918. The van der Waals surface area contributed by atoms with Crippen LogP contribution in [0.5, 0.6) is 0 Å². The molecular weight excluding hydrogens is 392 g/mol. The molecule has 0 fully saturated rings. The normalized spacial score (nSPS) is 13.1. The van der Waals surface area contributed by atoms with Crippen LogP contribution in [0.3, 0.4) is 0 Å². The molecule has 6 heteroatoms. The molecule has 0 aromatic heterocycles. The van der Waals surface area contributed by atoms with Crippen molar-refractivity contribution in [2.24, 2.45) is 5.73 Å². The molecule has 6 nitrogen and oxygen atoms in total. The molecule has 0 aromatic carbocycles. The third-order valence-electron chi connectivity index (χ3n) is 5.23. The van der Waals surface area contributed by atoms with Crippen LogP contribution in [-0.2, 0) is 9.59 Å². The first-order chi connectivity index (χ1) is 14.8. The summed E-state index contributed by atoms with van der Waals surface area (Å²) in [6, 6.07) is -0.315. The van der Waals surface area contributed by atoms with Crippen molar-refractivity contribution in [1.29, 1.82) is 0 Å². The monoisotopic (exact) mass is 442 g/mol. The van der Waals surface area contributed by atoms with Gasteiger partial charge in [0.1, 0.15) is 6.04 Å². The lowest BCUT2D eigenvalue weighted by molar-refractivity contribution is -0.142. The van der Waals surface area contributed by atoms with Gasteiger partial charge in [0.25, 0.3) is 0 Å². The Kier molecular flexibility index (Phi) is 23.9. The van der Waals surface area contributed by atoms with Crippen molar-refractivity contribution in [1.82, 2.24) is 4.90 Å². The maximum Gasteiger partial charge on any atom is 0.320 e. The molecule has 4 N–H and O–H groups in total. The van der Waals surface area contributed by atoms with Crippen LogP contribution in [-0.4, -0.2) is 53.2 Å². The smallest absolute Gasteiger partial charge is 0.320 e. The zero-order valence-electron chi connectivity index (χ0n) is 20.7. The Bertz CT molecular complexity index is 453. The molecule has 184 valence electrons. The van der Waals surface area contributed by atoms with Gasteiger partial charge in [0, 0.05) is 6.42 Å². The molecule has 0 aliphatic carbocycles. The maximum absolute atomic E-state index is 10.6. The molecule has 1 amide bonds. The topological polar surface area (TPSA) is 104 Å². The number of carbonyl (C=O) groups excluding carboxylic acids is 1. The number of likely N-dealkylation sites (N-methyl/N-ethyl adjacent to an activating group) is 1. The molecule has 31 heavy (non-hydrogen) atoms. The Labute approximate surface area is 191 Å². The quantitative estimate of drug-likeness (QED) is 0.186. The van der Waals surface area contributed by atoms with Gasteiger partial charge in [-0.1, -0.05) is 77.4 Å².